The summed E-state index contributed by atoms with van der Waals surface area (Å²) in [5.41, 5.74) is -0.636. The van der Waals surface area contributed by atoms with Gasteiger partial charge in [-0.25, -0.2) is 0 Å². The van der Waals surface area contributed by atoms with Gasteiger partial charge < -0.3 is 20.1 Å². The number of carboxylic acid groups (broad SMARTS) is 1. The zero-order chi connectivity index (χ0) is 15.6. The predicted octanol–water partition coefficient (Wildman–Crippen LogP) is -0.772. The Morgan fingerprint density at radius 1 is 1.29 bits per heavy atom. The molecule has 2 rings (SSSR count). The Bertz CT molecular complexity index is 407. The second kappa shape index (κ2) is 6.29. The average molecular weight is 299 g/mol. The Balaban J connectivity index is 2.08. The minimum absolute atomic E-state index is 0.0499. The minimum atomic E-state index is -0.905. The zero-order valence-corrected chi connectivity index (χ0v) is 13.0. The number of aliphatic carboxylic acids is 1. The monoisotopic (exact) mass is 299 g/mol. The second-order valence-corrected chi connectivity index (χ2v) is 6.26. The number of carbonyl (C=O) groups is 2. The lowest BCUT2D eigenvalue weighted by Crippen LogP contribution is -2.62. The van der Waals surface area contributed by atoms with Gasteiger partial charge >= 0.3 is 5.97 Å². The number of amides is 1. The second-order valence-electron chi connectivity index (χ2n) is 6.26. The Kier molecular flexibility index (Phi) is 4.85. The van der Waals surface area contributed by atoms with Gasteiger partial charge in [-0.15, -0.1) is 0 Å². The summed E-state index contributed by atoms with van der Waals surface area (Å²) in [5.74, 6) is -1.60. The Hall–Kier alpha value is -1.18. The molecule has 120 valence electrons. The summed E-state index contributed by atoms with van der Waals surface area (Å²) in [6, 6.07) is -0.391. The van der Waals surface area contributed by atoms with Gasteiger partial charge in [-0.1, -0.05) is 0 Å². The third kappa shape index (κ3) is 3.20. The van der Waals surface area contributed by atoms with Gasteiger partial charge in [0, 0.05) is 33.2 Å². The molecular formula is C14H25N3O4. The van der Waals surface area contributed by atoms with Crippen molar-refractivity contribution < 1.29 is 19.4 Å². The highest BCUT2D eigenvalue weighted by Crippen LogP contribution is 2.24. The summed E-state index contributed by atoms with van der Waals surface area (Å²) in [7, 11) is 1.68. The number of nitrogens with one attached hydrogen (secondary N) is 1. The molecule has 2 N–H and O–H groups in total. The van der Waals surface area contributed by atoms with Gasteiger partial charge in [0.15, 0.2) is 0 Å². The van der Waals surface area contributed by atoms with Gasteiger partial charge in [0.05, 0.1) is 24.8 Å². The van der Waals surface area contributed by atoms with E-state index < -0.39 is 23.5 Å². The van der Waals surface area contributed by atoms with Crippen LogP contribution in [0.5, 0.6) is 0 Å². The molecule has 2 fully saturated rings. The average Bonchev–Trinajstić information content (AvgIpc) is 2.96. The van der Waals surface area contributed by atoms with Crippen LogP contribution in [-0.4, -0.2) is 84.8 Å². The lowest BCUT2D eigenvalue weighted by atomic mass is 9.96. The molecule has 1 amide bonds. The first-order valence-corrected chi connectivity index (χ1v) is 7.39. The fourth-order valence-electron chi connectivity index (χ4n) is 3.10. The fraction of sp³-hybridized carbons (Fsp3) is 0.857. The first-order valence-electron chi connectivity index (χ1n) is 7.39. The van der Waals surface area contributed by atoms with E-state index in [4.69, 9.17) is 4.74 Å². The van der Waals surface area contributed by atoms with Crippen molar-refractivity contribution in [1.29, 1.82) is 0 Å². The summed E-state index contributed by atoms with van der Waals surface area (Å²) >= 11 is 0. The molecule has 7 heteroatoms. The van der Waals surface area contributed by atoms with Crippen LogP contribution in [-0.2, 0) is 14.3 Å². The third-order valence-corrected chi connectivity index (χ3v) is 4.62. The Morgan fingerprint density at radius 3 is 2.48 bits per heavy atom. The van der Waals surface area contributed by atoms with Crippen LogP contribution in [0, 0.1) is 5.92 Å². The highest BCUT2D eigenvalue weighted by molar-refractivity contribution is 5.86. The number of hydrogen-bond acceptors (Lipinski definition) is 5. The third-order valence-electron chi connectivity index (χ3n) is 4.62. The van der Waals surface area contributed by atoms with Crippen LogP contribution in [0.15, 0.2) is 0 Å². The van der Waals surface area contributed by atoms with Crippen molar-refractivity contribution in [3.63, 3.8) is 0 Å². The van der Waals surface area contributed by atoms with E-state index in [1.807, 2.05) is 13.8 Å². The minimum Gasteiger partial charge on any atom is -0.481 e. The van der Waals surface area contributed by atoms with Gasteiger partial charge in [-0.05, 0) is 13.8 Å². The first kappa shape index (κ1) is 16.2. The number of rotatable bonds is 4. The van der Waals surface area contributed by atoms with Crippen LogP contribution in [0.4, 0.5) is 0 Å². The lowest BCUT2D eigenvalue weighted by molar-refractivity contribution is -0.148. The number of likely N-dealkylation sites (N-methyl/N-ethyl adjacent to an activating group) is 1. The van der Waals surface area contributed by atoms with Crippen molar-refractivity contribution in [3.8, 4) is 0 Å². The number of hydrogen-bond donors (Lipinski definition) is 2. The molecule has 2 saturated heterocycles. The molecule has 0 bridgehead atoms. The van der Waals surface area contributed by atoms with Gasteiger partial charge in [0.1, 0.15) is 5.92 Å². The molecule has 2 unspecified atom stereocenters. The molecule has 2 aliphatic heterocycles. The summed E-state index contributed by atoms with van der Waals surface area (Å²) in [6.45, 7) is 7.63. The van der Waals surface area contributed by atoms with E-state index in [9.17, 15) is 14.7 Å². The van der Waals surface area contributed by atoms with Crippen LogP contribution >= 0.6 is 0 Å². The SMILES string of the molecule is CN(C(=O)C(C)(C)N1CCNCC1)C1COCC1C(=O)O. The van der Waals surface area contributed by atoms with Crippen molar-refractivity contribution in [3.05, 3.63) is 0 Å². The van der Waals surface area contributed by atoms with Crippen LogP contribution in [0.2, 0.25) is 0 Å². The molecule has 2 atom stereocenters. The number of piperazine rings is 1. The molecule has 7 nitrogen and oxygen atoms in total. The number of carboxylic acids is 1. The molecule has 0 spiro atoms. The van der Waals surface area contributed by atoms with Crippen molar-refractivity contribution in [1.82, 2.24) is 15.1 Å². The normalized spacial score (nSPS) is 27.6. The maximum absolute atomic E-state index is 12.8. The fourth-order valence-corrected chi connectivity index (χ4v) is 3.10. The van der Waals surface area contributed by atoms with Crippen molar-refractivity contribution in [2.75, 3.05) is 46.4 Å². The van der Waals surface area contributed by atoms with E-state index in [2.05, 4.69) is 10.2 Å². The number of nitrogens with zero attached hydrogens (tertiary/aromatic N) is 2. The van der Waals surface area contributed by atoms with Crippen LogP contribution in [0.1, 0.15) is 13.8 Å². The molecule has 0 saturated carbocycles. The van der Waals surface area contributed by atoms with E-state index in [1.54, 1.807) is 11.9 Å². The molecule has 2 heterocycles. The zero-order valence-electron chi connectivity index (χ0n) is 13.0. The largest absolute Gasteiger partial charge is 0.481 e. The van der Waals surface area contributed by atoms with Gasteiger partial charge in [-0.3, -0.25) is 14.5 Å². The van der Waals surface area contributed by atoms with E-state index >= 15 is 0 Å². The van der Waals surface area contributed by atoms with Crippen molar-refractivity contribution >= 4 is 11.9 Å². The van der Waals surface area contributed by atoms with Gasteiger partial charge in [-0.2, -0.15) is 0 Å². The number of carbonyl (C=O) groups excluding carboxylic acids is 1. The van der Waals surface area contributed by atoms with Crippen LogP contribution in [0.25, 0.3) is 0 Å². The van der Waals surface area contributed by atoms with E-state index in [-0.39, 0.29) is 19.1 Å². The standard InChI is InChI=1S/C14H25N3O4/c1-14(2,17-6-4-15-5-7-17)13(20)16(3)11-9-21-8-10(11)12(18)19/h10-11,15H,4-9H2,1-3H3,(H,18,19). The topological polar surface area (TPSA) is 82.1 Å². The number of ether oxygens (including phenoxy) is 1. The van der Waals surface area contributed by atoms with Crippen LogP contribution < -0.4 is 5.32 Å². The molecular weight excluding hydrogens is 274 g/mol. The van der Waals surface area contributed by atoms with Gasteiger partial charge in [0.2, 0.25) is 5.91 Å². The Labute approximate surface area is 125 Å². The van der Waals surface area contributed by atoms with Crippen molar-refractivity contribution in [2.45, 2.75) is 25.4 Å². The highest BCUT2D eigenvalue weighted by Gasteiger charge is 2.44. The quantitative estimate of drug-likeness (QED) is 0.709. The predicted molar refractivity (Wildman–Crippen MR) is 77.0 cm³/mol. The van der Waals surface area contributed by atoms with Crippen molar-refractivity contribution in [2.24, 2.45) is 5.92 Å². The van der Waals surface area contributed by atoms with E-state index in [0.29, 0.717) is 0 Å². The first-order chi connectivity index (χ1) is 9.85. The van der Waals surface area contributed by atoms with E-state index in [1.165, 1.54) is 0 Å². The highest BCUT2D eigenvalue weighted by atomic mass is 16.5. The summed E-state index contributed by atoms with van der Waals surface area (Å²) in [4.78, 5) is 27.8. The molecule has 0 aromatic carbocycles. The summed E-state index contributed by atoms with van der Waals surface area (Å²) in [6.07, 6.45) is 0. The smallest absolute Gasteiger partial charge is 0.311 e. The van der Waals surface area contributed by atoms with Crippen LogP contribution in [0.3, 0.4) is 0 Å². The maximum Gasteiger partial charge on any atom is 0.311 e. The molecule has 0 aromatic heterocycles. The lowest BCUT2D eigenvalue weighted by Gasteiger charge is -2.43. The molecule has 21 heavy (non-hydrogen) atoms. The molecule has 0 aromatic rings. The molecule has 2 aliphatic rings. The maximum atomic E-state index is 12.8. The summed E-state index contributed by atoms with van der Waals surface area (Å²) < 4.78 is 5.26. The van der Waals surface area contributed by atoms with E-state index in [0.717, 1.165) is 26.2 Å². The van der Waals surface area contributed by atoms with Gasteiger partial charge in [0.25, 0.3) is 0 Å². The molecule has 0 aliphatic carbocycles. The Morgan fingerprint density at radius 2 is 1.90 bits per heavy atom. The molecule has 0 radical (unpaired) electrons. The summed E-state index contributed by atoms with van der Waals surface area (Å²) in [5, 5.41) is 12.5.